The van der Waals surface area contributed by atoms with E-state index in [1.165, 1.54) is 0 Å². The van der Waals surface area contributed by atoms with Crippen LogP contribution >= 0.6 is 11.6 Å². The predicted octanol–water partition coefficient (Wildman–Crippen LogP) is 2.65. The van der Waals surface area contributed by atoms with Crippen molar-refractivity contribution in [3.8, 4) is 0 Å². The van der Waals surface area contributed by atoms with Crippen LogP contribution in [0.15, 0.2) is 24.3 Å². The van der Waals surface area contributed by atoms with Gasteiger partial charge in [0.25, 0.3) is 0 Å². The fraction of sp³-hybridized carbons (Fsp3) is 0.538. The third kappa shape index (κ3) is 3.12. The Balaban J connectivity index is 2.13. The molecule has 2 atom stereocenters. The third-order valence-electron chi connectivity index (χ3n) is 3.29. The number of rotatable bonds is 3. The molecule has 2 rings (SSSR count). The smallest absolute Gasteiger partial charge is 0.0569 e. The van der Waals surface area contributed by atoms with Crippen molar-refractivity contribution >= 4 is 17.3 Å². The first-order valence-corrected chi connectivity index (χ1v) is 6.37. The Morgan fingerprint density at radius 1 is 1.59 bits per heavy atom. The number of halogens is 1. The van der Waals surface area contributed by atoms with Gasteiger partial charge in [0.1, 0.15) is 0 Å². The van der Waals surface area contributed by atoms with Gasteiger partial charge in [0.2, 0.25) is 0 Å². The molecule has 1 heterocycles. The normalized spacial score (nSPS) is 29.0. The fourth-order valence-electron chi connectivity index (χ4n) is 2.39. The molecule has 0 radical (unpaired) electrons. The minimum Gasteiger partial charge on any atom is -0.378 e. The molecule has 1 saturated heterocycles. The van der Waals surface area contributed by atoms with Crippen molar-refractivity contribution in [3.63, 3.8) is 0 Å². The summed E-state index contributed by atoms with van der Waals surface area (Å²) in [6, 6.07) is 7.76. The van der Waals surface area contributed by atoms with Crippen LogP contribution in [-0.2, 0) is 4.74 Å². The number of benzene rings is 1. The molecule has 0 saturated carbocycles. The van der Waals surface area contributed by atoms with E-state index in [2.05, 4.69) is 12.2 Å². The maximum atomic E-state index is 5.98. The van der Waals surface area contributed by atoms with E-state index < -0.39 is 0 Å². The van der Waals surface area contributed by atoms with Crippen molar-refractivity contribution in [2.24, 2.45) is 5.73 Å². The van der Waals surface area contributed by atoms with Crippen LogP contribution in [0.1, 0.15) is 19.8 Å². The lowest BCUT2D eigenvalue weighted by molar-refractivity contribution is 0.000266. The summed E-state index contributed by atoms with van der Waals surface area (Å²) in [6.07, 6.45) is 2.11. The average Bonchev–Trinajstić information content (AvgIpc) is 2.29. The minimum absolute atomic E-state index is 0.0671. The van der Waals surface area contributed by atoms with Gasteiger partial charge in [0.15, 0.2) is 0 Å². The molecular weight excluding hydrogens is 236 g/mol. The number of anilines is 1. The summed E-state index contributed by atoms with van der Waals surface area (Å²) in [4.78, 5) is 0. The highest BCUT2D eigenvalue weighted by molar-refractivity contribution is 6.30. The van der Waals surface area contributed by atoms with Crippen LogP contribution in [0.25, 0.3) is 0 Å². The van der Waals surface area contributed by atoms with Crippen molar-refractivity contribution in [3.05, 3.63) is 29.3 Å². The molecule has 4 heteroatoms. The molecule has 0 amide bonds. The number of hydrogen-bond donors (Lipinski definition) is 2. The first-order valence-electron chi connectivity index (χ1n) is 5.99. The largest absolute Gasteiger partial charge is 0.378 e. The van der Waals surface area contributed by atoms with Crippen molar-refractivity contribution < 1.29 is 4.74 Å². The second-order valence-electron chi connectivity index (χ2n) is 4.76. The standard InChI is InChI=1S/C13H19ClN2O/c1-10-8-13(9-15,5-6-17-10)16-12-4-2-3-11(14)7-12/h2-4,7,10,16H,5-6,8-9,15H2,1H3. The van der Waals surface area contributed by atoms with Gasteiger partial charge in [-0.2, -0.15) is 0 Å². The molecule has 0 spiro atoms. The van der Waals surface area contributed by atoms with Gasteiger partial charge in [-0.15, -0.1) is 0 Å². The van der Waals surface area contributed by atoms with Gasteiger partial charge in [-0.25, -0.2) is 0 Å². The van der Waals surface area contributed by atoms with E-state index in [1.807, 2.05) is 24.3 Å². The van der Waals surface area contributed by atoms with E-state index in [1.54, 1.807) is 0 Å². The highest BCUT2D eigenvalue weighted by Gasteiger charge is 2.34. The maximum absolute atomic E-state index is 5.98. The number of hydrogen-bond acceptors (Lipinski definition) is 3. The van der Waals surface area contributed by atoms with Gasteiger partial charge in [-0.1, -0.05) is 17.7 Å². The van der Waals surface area contributed by atoms with E-state index >= 15 is 0 Å². The van der Waals surface area contributed by atoms with Crippen LogP contribution in [0.4, 0.5) is 5.69 Å². The lowest BCUT2D eigenvalue weighted by Gasteiger charge is -2.40. The molecule has 0 bridgehead atoms. The summed E-state index contributed by atoms with van der Waals surface area (Å²) < 4.78 is 5.57. The molecule has 3 N–H and O–H groups in total. The summed E-state index contributed by atoms with van der Waals surface area (Å²) in [5.41, 5.74) is 6.89. The first-order chi connectivity index (χ1) is 8.13. The van der Waals surface area contributed by atoms with Gasteiger partial charge in [-0.3, -0.25) is 0 Å². The third-order valence-corrected chi connectivity index (χ3v) is 3.52. The van der Waals surface area contributed by atoms with E-state index in [9.17, 15) is 0 Å². The zero-order valence-electron chi connectivity index (χ0n) is 10.1. The van der Waals surface area contributed by atoms with Crippen molar-refractivity contribution in [2.75, 3.05) is 18.5 Å². The molecule has 17 heavy (non-hydrogen) atoms. The molecule has 94 valence electrons. The summed E-state index contributed by atoms with van der Waals surface area (Å²) >= 11 is 5.98. The zero-order chi connectivity index (χ0) is 12.3. The number of nitrogens with two attached hydrogens (primary N) is 1. The van der Waals surface area contributed by atoms with Gasteiger partial charge in [-0.05, 0) is 38.0 Å². The van der Waals surface area contributed by atoms with Crippen LogP contribution in [0.5, 0.6) is 0 Å². The Morgan fingerprint density at radius 3 is 3.06 bits per heavy atom. The summed E-state index contributed by atoms with van der Waals surface area (Å²) in [6.45, 7) is 3.45. The molecule has 3 nitrogen and oxygen atoms in total. The predicted molar refractivity (Wildman–Crippen MR) is 71.5 cm³/mol. The van der Waals surface area contributed by atoms with E-state index in [0.717, 1.165) is 30.2 Å². The van der Waals surface area contributed by atoms with Crippen molar-refractivity contribution in [2.45, 2.75) is 31.4 Å². The second-order valence-corrected chi connectivity index (χ2v) is 5.19. The molecule has 1 fully saturated rings. The Bertz CT molecular complexity index is 385. The zero-order valence-corrected chi connectivity index (χ0v) is 10.8. The topological polar surface area (TPSA) is 47.3 Å². The van der Waals surface area contributed by atoms with Crippen molar-refractivity contribution in [1.29, 1.82) is 0 Å². The van der Waals surface area contributed by atoms with E-state index in [-0.39, 0.29) is 11.6 Å². The Morgan fingerprint density at radius 2 is 2.41 bits per heavy atom. The summed E-state index contributed by atoms with van der Waals surface area (Å²) in [5, 5.41) is 4.26. The first kappa shape index (κ1) is 12.7. The molecule has 1 aromatic rings. The van der Waals surface area contributed by atoms with Gasteiger partial charge < -0.3 is 15.8 Å². The van der Waals surface area contributed by atoms with Crippen LogP contribution in [0, 0.1) is 0 Å². The quantitative estimate of drug-likeness (QED) is 0.872. The second kappa shape index (κ2) is 5.25. The highest BCUT2D eigenvalue weighted by Crippen LogP contribution is 2.29. The van der Waals surface area contributed by atoms with E-state index in [0.29, 0.717) is 6.54 Å². The lowest BCUT2D eigenvalue weighted by atomic mass is 9.86. The Labute approximate surface area is 107 Å². The maximum Gasteiger partial charge on any atom is 0.0569 e. The van der Waals surface area contributed by atoms with Crippen LogP contribution in [0.2, 0.25) is 5.02 Å². The van der Waals surface area contributed by atoms with E-state index in [4.69, 9.17) is 22.1 Å². The van der Waals surface area contributed by atoms with Crippen molar-refractivity contribution in [1.82, 2.24) is 0 Å². The van der Waals surface area contributed by atoms with Gasteiger partial charge in [0, 0.05) is 23.9 Å². The molecule has 0 aromatic heterocycles. The molecule has 1 aromatic carbocycles. The van der Waals surface area contributed by atoms with Crippen LogP contribution in [0.3, 0.4) is 0 Å². The summed E-state index contributed by atoms with van der Waals surface area (Å²) in [7, 11) is 0. The molecule has 0 aliphatic carbocycles. The summed E-state index contributed by atoms with van der Waals surface area (Å²) in [5.74, 6) is 0. The highest BCUT2D eigenvalue weighted by atomic mass is 35.5. The number of ether oxygens (including phenoxy) is 1. The monoisotopic (exact) mass is 254 g/mol. The Kier molecular flexibility index (Phi) is 3.92. The fourth-order valence-corrected chi connectivity index (χ4v) is 2.58. The molecule has 2 unspecified atom stereocenters. The lowest BCUT2D eigenvalue weighted by Crippen LogP contribution is -2.51. The number of nitrogens with one attached hydrogen (secondary N) is 1. The van der Waals surface area contributed by atoms with Crippen LogP contribution < -0.4 is 11.1 Å². The minimum atomic E-state index is -0.0671. The van der Waals surface area contributed by atoms with Gasteiger partial charge in [0.05, 0.1) is 11.6 Å². The van der Waals surface area contributed by atoms with Gasteiger partial charge >= 0.3 is 0 Å². The molecule has 1 aliphatic heterocycles. The Hall–Kier alpha value is -0.770. The molecular formula is C13H19ClN2O. The molecule has 1 aliphatic rings. The average molecular weight is 255 g/mol. The van der Waals surface area contributed by atoms with Crippen LogP contribution in [-0.4, -0.2) is 24.8 Å². The SMILES string of the molecule is CC1CC(CN)(Nc2cccc(Cl)c2)CCO1.